The van der Waals surface area contributed by atoms with Crippen molar-refractivity contribution in [3.05, 3.63) is 59.9 Å². The minimum Gasteiger partial charge on any atom is -0.487 e. The highest BCUT2D eigenvalue weighted by molar-refractivity contribution is 5.28. The maximum Gasteiger partial charge on any atom is 0.130 e. The molecule has 0 aliphatic heterocycles. The van der Waals surface area contributed by atoms with Crippen LogP contribution in [0.1, 0.15) is 24.6 Å². The molecule has 4 heteroatoms. The van der Waals surface area contributed by atoms with Crippen molar-refractivity contribution in [2.45, 2.75) is 32.5 Å². The van der Waals surface area contributed by atoms with E-state index in [-0.39, 0.29) is 12.6 Å². The van der Waals surface area contributed by atoms with Gasteiger partial charge in [0.05, 0.1) is 12.3 Å². The van der Waals surface area contributed by atoms with Gasteiger partial charge in [-0.25, -0.2) is 0 Å². The Kier molecular flexibility index (Phi) is 6.19. The van der Waals surface area contributed by atoms with Crippen LogP contribution in [0, 0.1) is 0 Å². The first-order valence-corrected chi connectivity index (χ1v) is 7.27. The Morgan fingerprint density at radius 1 is 1.24 bits per heavy atom. The normalized spacial score (nSPS) is 12.1. The Bertz CT molecular complexity index is 527. The lowest BCUT2D eigenvalue weighted by molar-refractivity contribution is 0.238. The molecule has 1 aromatic carbocycles. The number of hydrogen-bond donors (Lipinski definition) is 2. The van der Waals surface area contributed by atoms with Gasteiger partial charge in [-0.05, 0) is 36.2 Å². The molecule has 0 bridgehead atoms. The van der Waals surface area contributed by atoms with Crippen LogP contribution in [0.5, 0.6) is 5.75 Å². The SMILES string of the molecule is CCC(CO)NCc1cccc(OCc2ccccn2)c1. The van der Waals surface area contributed by atoms with Gasteiger partial charge in [-0.2, -0.15) is 0 Å². The van der Waals surface area contributed by atoms with Crippen LogP contribution >= 0.6 is 0 Å². The van der Waals surface area contributed by atoms with Gasteiger partial charge in [0, 0.05) is 18.8 Å². The summed E-state index contributed by atoms with van der Waals surface area (Å²) in [5.74, 6) is 0.831. The van der Waals surface area contributed by atoms with Crippen molar-refractivity contribution in [2.75, 3.05) is 6.61 Å². The van der Waals surface area contributed by atoms with Crippen molar-refractivity contribution in [1.82, 2.24) is 10.3 Å². The zero-order valence-electron chi connectivity index (χ0n) is 12.3. The standard InChI is InChI=1S/C17H22N2O2/c1-2-15(12-20)19-11-14-6-5-8-17(10-14)21-13-16-7-3-4-9-18-16/h3-10,15,19-20H,2,11-13H2,1H3. The van der Waals surface area contributed by atoms with E-state index in [1.807, 2.05) is 42.5 Å². The van der Waals surface area contributed by atoms with Gasteiger partial charge in [-0.1, -0.05) is 25.1 Å². The first-order valence-electron chi connectivity index (χ1n) is 7.27. The molecule has 0 aliphatic rings. The van der Waals surface area contributed by atoms with Gasteiger partial charge in [0.15, 0.2) is 0 Å². The Morgan fingerprint density at radius 3 is 2.86 bits per heavy atom. The van der Waals surface area contributed by atoms with E-state index in [0.29, 0.717) is 6.61 Å². The van der Waals surface area contributed by atoms with Crippen LogP contribution in [-0.2, 0) is 13.2 Å². The van der Waals surface area contributed by atoms with Crippen LogP contribution in [0.3, 0.4) is 0 Å². The van der Waals surface area contributed by atoms with Crippen molar-refractivity contribution in [2.24, 2.45) is 0 Å². The topological polar surface area (TPSA) is 54.4 Å². The lowest BCUT2D eigenvalue weighted by Crippen LogP contribution is -2.31. The van der Waals surface area contributed by atoms with Crippen LogP contribution in [0.2, 0.25) is 0 Å². The van der Waals surface area contributed by atoms with Crippen molar-refractivity contribution in [3.63, 3.8) is 0 Å². The molecule has 112 valence electrons. The van der Waals surface area contributed by atoms with Crippen molar-refractivity contribution >= 4 is 0 Å². The number of nitrogens with one attached hydrogen (secondary N) is 1. The molecule has 2 rings (SSSR count). The molecule has 2 aromatic rings. The Balaban J connectivity index is 1.88. The Labute approximate surface area is 125 Å². The third-order valence-corrected chi connectivity index (χ3v) is 3.32. The van der Waals surface area contributed by atoms with Gasteiger partial charge in [0.2, 0.25) is 0 Å². The van der Waals surface area contributed by atoms with E-state index >= 15 is 0 Å². The highest BCUT2D eigenvalue weighted by atomic mass is 16.5. The summed E-state index contributed by atoms with van der Waals surface area (Å²) >= 11 is 0. The van der Waals surface area contributed by atoms with Crippen LogP contribution in [0.15, 0.2) is 48.7 Å². The number of benzene rings is 1. The fraction of sp³-hybridized carbons (Fsp3) is 0.353. The van der Waals surface area contributed by atoms with E-state index in [0.717, 1.165) is 30.0 Å². The molecule has 4 nitrogen and oxygen atoms in total. The van der Waals surface area contributed by atoms with Crippen LogP contribution in [0.4, 0.5) is 0 Å². The van der Waals surface area contributed by atoms with Gasteiger partial charge >= 0.3 is 0 Å². The van der Waals surface area contributed by atoms with Crippen molar-refractivity contribution < 1.29 is 9.84 Å². The molecule has 0 spiro atoms. The van der Waals surface area contributed by atoms with Gasteiger partial charge in [0.1, 0.15) is 12.4 Å². The van der Waals surface area contributed by atoms with Gasteiger partial charge in [0.25, 0.3) is 0 Å². The molecule has 1 atom stereocenters. The fourth-order valence-corrected chi connectivity index (χ4v) is 1.99. The molecule has 1 aromatic heterocycles. The van der Waals surface area contributed by atoms with E-state index in [1.165, 1.54) is 0 Å². The molecular formula is C17H22N2O2. The minimum absolute atomic E-state index is 0.142. The highest BCUT2D eigenvalue weighted by Crippen LogP contribution is 2.15. The van der Waals surface area contributed by atoms with Crippen LogP contribution < -0.4 is 10.1 Å². The summed E-state index contributed by atoms with van der Waals surface area (Å²) in [6.07, 6.45) is 2.67. The van der Waals surface area contributed by atoms with Crippen LogP contribution in [0.25, 0.3) is 0 Å². The second-order valence-corrected chi connectivity index (χ2v) is 4.93. The molecule has 0 radical (unpaired) electrons. The molecule has 1 heterocycles. The van der Waals surface area contributed by atoms with Crippen LogP contribution in [-0.4, -0.2) is 22.7 Å². The summed E-state index contributed by atoms with van der Waals surface area (Å²) in [4.78, 5) is 4.23. The number of nitrogens with zero attached hydrogens (tertiary/aromatic N) is 1. The Hall–Kier alpha value is -1.91. The number of pyridine rings is 1. The third-order valence-electron chi connectivity index (χ3n) is 3.32. The van der Waals surface area contributed by atoms with E-state index < -0.39 is 0 Å². The zero-order valence-corrected chi connectivity index (χ0v) is 12.3. The first kappa shape index (κ1) is 15.5. The summed E-state index contributed by atoms with van der Waals surface area (Å²) in [5, 5.41) is 12.5. The average molecular weight is 286 g/mol. The number of aromatic nitrogens is 1. The fourth-order valence-electron chi connectivity index (χ4n) is 1.99. The lowest BCUT2D eigenvalue weighted by atomic mass is 10.2. The molecule has 0 aliphatic carbocycles. The maximum absolute atomic E-state index is 9.17. The molecule has 1 unspecified atom stereocenters. The minimum atomic E-state index is 0.142. The number of hydrogen-bond acceptors (Lipinski definition) is 4. The van der Waals surface area contributed by atoms with E-state index in [1.54, 1.807) is 6.20 Å². The third kappa shape index (κ3) is 5.17. The monoisotopic (exact) mass is 286 g/mol. The van der Waals surface area contributed by atoms with E-state index in [2.05, 4.69) is 17.2 Å². The number of aliphatic hydroxyl groups is 1. The molecule has 0 saturated heterocycles. The van der Waals surface area contributed by atoms with Gasteiger partial charge in [-0.3, -0.25) is 4.98 Å². The Morgan fingerprint density at radius 2 is 2.14 bits per heavy atom. The van der Waals surface area contributed by atoms with E-state index in [4.69, 9.17) is 4.74 Å². The molecule has 2 N–H and O–H groups in total. The second kappa shape index (κ2) is 8.39. The molecule has 0 saturated carbocycles. The summed E-state index contributed by atoms with van der Waals surface area (Å²) in [7, 11) is 0. The maximum atomic E-state index is 9.17. The largest absolute Gasteiger partial charge is 0.487 e. The number of rotatable bonds is 8. The highest BCUT2D eigenvalue weighted by Gasteiger charge is 2.04. The van der Waals surface area contributed by atoms with Gasteiger partial charge < -0.3 is 15.2 Å². The predicted octanol–water partition coefficient (Wildman–Crippen LogP) is 2.52. The molecule has 21 heavy (non-hydrogen) atoms. The zero-order chi connectivity index (χ0) is 14.9. The summed E-state index contributed by atoms with van der Waals surface area (Å²) < 4.78 is 5.75. The number of aliphatic hydroxyl groups excluding tert-OH is 1. The molecular weight excluding hydrogens is 264 g/mol. The first-order chi connectivity index (χ1) is 10.3. The molecule has 0 amide bonds. The second-order valence-electron chi connectivity index (χ2n) is 4.93. The average Bonchev–Trinajstić information content (AvgIpc) is 2.55. The number of ether oxygens (including phenoxy) is 1. The quantitative estimate of drug-likeness (QED) is 0.783. The summed E-state index contributed by atoms with van der Waals surface area (Å²) in [6, 6.07) is 13.9. The predicted molar refractivity (Wildman–Crippen MR) is 83.0 cm³/mol. The smallest absolute Gasteiger partial charge is 0.130 e. The van der Waals surface area contributed by atoms with Gasteiger partial charge in [-0.15, -0.1) is 0 Å². The van der Waals surface area contributed by atoms with Crippen molar-refractivity contribution in [1.29, 1.82) is 0 Å². The molecule has 0 fully saturated rings. The summed E-state index contributed by atoms with van der Waals surface area (Å²) in [6.45, 7) is 3.40. The summed E-state index contributed by atoms with van der Waals surface area (Å²) in [5.41, 5.74) is 2.05. The van der Waals surface area contributed by atoms with Crippen molar-refractivity contribution in [3.8, 4) is 5.75 Å². The lowest BCUT2D eigenvalue weighted by Gasteiger charge is -2.14. The van der Waals surface area contributed by atoms with E-state index in [9.17, 15) is 5.11 Å².